The number of hydrogen-bond acceptors (Lipinski definition) is 6. The van der Waals surface area contributed by atoms with Crippen LogP contribution in [0.3, 0.4) is 0 Å². The topological polar surface area (TPSA) is 63.2 Å². The minimum absolute atomic E-state index is 0.150. The molecule has 7 heteroatoms. The van der Waals surface area contributed by atoms with Gasteiger partial charge in [-0.3, -0.25) is 0 Å². The Morgan fingerprint density at radius 1 is 0.879 bits per heavy atom. The molecular weight excluding hydrogens is 546 g/mol. The molecule has 0 aromatic carbocycles. The number of Topliss-reactive ketones (excluding diaryl/α,β-unsaturated/α-hetero) is 2. The normalized spacial score (nSPS) is 18.2. The number of thiophene rings is 1. The van der Waals surface area contributed by atoms with E-state index in [4.69, 9.17) is 9.97 Å². The maximum absolute atomic E-state index is 12.6. The number of anilines is 2. The van der Waals surface area contributed by atoms with Crippen LogP contribution in [-0.4, -0.2) is 42.5 Å². The van der Waals surface area contributed by atoms with Gasteiger partial charge in [0.15, 0.2) is 0 Å². The molecule has 5 nitrogen and oxygen atoms in total. The summed E-state index contributed by atoms with van der Waals surface area (Å²) in [4.78, 5) is 36.9. The number of hydrogen-bond donors (Lipinski definition) is 0. The summed E-state index contributed by atoms with van der Waals surface area (Å²) in [6.45, 7) is 0. The van der Waals surface area contributed by atoms with Gasteiger partial charge in [-0.25, -0.2) is 0 Å². The predicted molar refractivity (Wildman–Crippen MR) is 129 cm³/mol. The number of rotatable bonds is 2. The Hall–Kier alpha value is -3.11. The zero-order valence-electron chi connectivity index (χ0n) is 17.2. The van der Waals surface area contributed by atoms with Crippen LogP contribution in [0.5, 0.6) is 0 Å². The summed E-state index contributed by atoms with van der Waals surface area (Å²) < 4.78 is 2.64. The SMILES string of the molecule is O=C1C(=CC2=CC3=C(C=C(N4c5ncccc5[Te]c5cccnc54)C3)C2)C(=O)c2cscc21. The second kappa shape index (κ2) is 7.19. The van der Waals surface area contributed by atoms with Gasteiger partial charge in [0.25, 0.3) is 0 Å². The van der Waals surface area contributed by atoms with Crippen LogP contribution in [-0.2, 0) is 0 Å². The van der Waals surface area contributed by atoms with Gasteiger partial charge in [0, 0.05) is 10.8 Å². The molecule has 4 heterocycles. The fourth-order valence-electron chi connectivity index (χ4n) is 4.80. The number of aromatic nitrogens is 2. The second-order valence-electron chi connectivity index (χ2n) is 8.26. The maximum atomic E-state index is 12.6. The average Bonchev–Trinajstić information content (AvgIpc) is 3.58. The molecule has 1 aliphatic heterocycles. The molecule has 0 atom stereocenters. The molecule has 4 aliphatic rings. The van der Waals surface area contributed by atoms with E-state index in [0.717, 1.165) is 30.1 Å². The van der Waals surface area contributed by atoms with Crippen molar-refractivity contribution < 1.29 is 9.59 Å². The number of fused-ring (bicyclic) bond motifs is 3. The first-order chi connectivity index (χ1) is 16.2. The van der Waals surface area contributed by atoms with Crippen LogP contribution in [0.4, 0.5) is 11.6 Å². The molecule has 0 radical (unpaired) electrons. The third-order valence-corrected chi connectivity index (χ3v) is 10.1. The summed E-state index contributed by atoms with van der Waals surface area (Å²) in [7, 11) is 0. The number of nitrogens with zero attached hydrogens (tertiary/aromatic N) is 3. The van der Waals surface area contributed by atoms with Gasteiger partial charge in [0.05, 0.1) is 0 Å². The monoisotopic (exact) mass is 563 g/mol. The summed E-state index contributed by atoms with van der Waals surface area (Å²) in [5, 5.41) is 3.54. The smallest absolute Gasteiger partial charge is 0.151 e. The van der Waals surface area contributed by atoms with Crippen molar-refractivity contribution in [1.82, 2.24) is 9.97 Å². The van der Waals surface area contributed by atoms with Gasteiger partial charge in [0.1, 0.15) is 0 Å². The number of allylic oxidation sites excluding steroid dienone is 7. The first-order valence-corrected chi connectivity index (χ1v) is 13.8. The van der Waals surface area contributed by atoms with Crippen LogP contribution in [0.25, 0.3) is 0 Å². The molecule has 33 heavy (non-hydrogen) atoms. The Labute approximate surface area is 204 Å². The van der Waals surface area contributed by atoms with Gasteiger partial charge in [-0.2, -0.15) is 11.3 Å². The first-order valence-electron chi connectivity index (χ1n) is 10.6. The molecule has 0 saturated carbocycles. The average molecular weight is 561 g/mol. The Morgan fingerprint density at radius 3 is 2.15 bits per heavy atom. The van der Waals surface area contributed by atoms with Gasteiger partial charge >= 0.3 is 183 Å². The van der Waals surface area contributed by atoms with Crippen molar-refractivity contribution in [2.45, 2.75) is 12.8 Å². The zero-order valence-corrected chi connectivity index (χ0v) is 20.4. The fraction of sp³-hybridized carbons (Fsp3) is 0.0769. The summed E-state index contributed by atoms with van der Waals surface area (Å²) in [6.07, 6.45) is 11.4. The van der Waals surface area contributed by atoms with Crippen molar-refractivity contribution in [2.75, 3.05) is 4.90 Å². The Morgan fingerprint density at radius 2 is 1.52 bits per heavy atom. The van der Waals surface area contributed by atoms with E-state index in [1.54, 1.807) is 16.8 Å². The minimum atomic E-state index is -0.518. The van der Waals surface area contributed by atoms with E-state index in [2.05, 4.69) is 29.2 Å². The number of carbonyl (C=O) groups excluding carboxylic acids is 2. The van der Waals surface area contributed by atoms with E-state index in [9.17, 15) is 9.59 Å². The first kappa shape index (κ1) is 19.4. The summed E-state index contributed by atoms with van der Waals surface area (Å²) in [6, 6.07) is 8.39. The van der Waals surface area contributed by atoms with E-state index < -0.39 is 20.9 Å². The van der Waals surface area contributed by atoms with E-state index in [0.29, 0.717) is 16.7 Å². The van der Waals surface area contributed by atoms with Crippen molar-refractivity contribution in [1.29, 1.82) is 0 Å². The van der Waals surface area contributed by atoms with E-state index >= 15 is 0 Å². The quantitative estimate of drug-likeness (QED) is 0.272. The molecule has 0 unspecified atom stereocenters. The van der Waals surface area contributed by atoms with Gasteiger partial charge in [0.2, 0.25) is 0 Å². The van der Waals surface area contributed by atoms with Crippen molar-refractivity contribution in [2.24, 2.45) is 0 Å². The third-order valence-electron chi connectivity index (χ3n) is 6.28. The van der Waals surface area contributed by atoms with Crippen LogP contribution in [0.2, 0.25) is 0 Å². The molecule has 0 fully saturated rings. The molecule has 7 rings (SSSR count). The molecule has 0 N–H and O–H groups in total. The van der Waals surface area contributed by atoms with Crippen LogP contribution < -0.4 is 12.1 Å². The predicted octanol–water partition coefficient (Wildman–Crippen LogP) is 3.56. The number of carbonyl (C=O) groups is 2. The number of ketones is 2. The molecule has 3 aromatic rings. The summed E-state index contributed by atoms with van der Waals surface area (Å²) in [5.41, 5.74) is 6.04. The Balaban J connectivity index is 1.19. The molecule has 0 amide bonds. The van der Waals surface area contributed by atoms with Crippen LogP contribution >= 0.6 is 11.3 Å². The second-order valence-corrected chi connectivity index (χ2v) is 12.1. The van der Waals surface area contributed by atoms with Crippen molar-refractivity contribution >= 4 is 62.7 Å². The Bertz CT molecular complexity index is 1460. The zero-order chi connectivity index (χ0) is 22.1. The molecule has 158 valence electrons. The van der Waals surface area contributed by atoms with Crippen LogP contribution in [0.1, 0.15) is 33.6 Å². The van der Waals surface area contributed by atoms with Gasteiger partial charge in [-0.05, 0) is 0 Å². The molecule has 3 aromatic heterocycles. The standard InChI is InChI=1S/C26H15N3O2STe/c30-23-18(24(31)20-13-32-12-19(20)23)9-14-7-15-10-17(11-16(15)8-14)29-25-21(3-1-5-27-25)33-22-4-2-6-28-26(22)29/h1-7,9,11-13H,8,10H2. The summed E-state index contributed by atoms with van der Waals surface area (Å²) in [5.74, 6) is 1.70. The van der Waals surface area contributed by atoms with Crippen LogP contribution in [0, 0.1) is 0 Å². The third kappa shape index (κ3) is 2.90. The number of pyridine rings is 2. The minimum Gasteiger partial charge on any atom is -0.151 e. The van der Waals surface area contributed by atoms with E-state index in [1.807, 2.05) is 24.5 Å². The van der Waals surface area contributed by atoms with Gasteiger partial charge < -0.3 is 0 Å². The van der Waals surface area contributed by atoms with E-state index in [-0.39, 0.29) is 11.6 Å². The van der Waals surface area contributed by atoms with Gasteiger partial charge in [-0.1, -0.05) is 0 Å². The van der Waals surface area contributed by atoms with Crippen LogP contribution in [0.15, 0.2) is 93.6 Å². The molecular formula is C26H15N3O2STe. The fourth-order valence-corrected chi connectivity index (χ4v) is 8.47. The van der Waals surface area contributed by atoms with Crippen molar-refractivity contribution in [3.05, 3.63) is 105 Å². The van der Waals surface area contributed by atoms with Crippen molar-refractivity contribution in [3.63, 3.8) is 0 Å². The van der Waals surface area contributed by atoms with E-state index in [1.165, 1.54) is 35.4 Å². The molecule has 3 aliphatic carbocycles. The molecule has 0 bridgehead atoms. The molecule has 0 spiro atoms. The van der Waals surface area contributed by atoms with Crippen molar-refractivity contribution in [3.8, 4) is 0 Å². The summed E-state index contributed by atoms with van der Waals surface area (Å²) >= 11 is 0.882. The molecule has 0 saturated heterocycles. The van der Waals surface area contributed by atoms with Gasteiger partial charge in [-0.15, -0.1) is 0 Å². The Kier molecular flexibility index (Phi) is 4.22.